The Labute approximate surface area is 190 Å². The number of thioether (sulfide) groups is 1. The van der Waals surface area contributed by atoms with Crippen LogP contribution < -0.4 is 5.32 Å². The van der Waals surface area contributed by atoms with Crippen molar-refractivity contribution in [2.24, 2.45) is 5.41 Å². The Balaban J connectivity index is 1.85. The lowest BCUT2D eigenvalue weighted by Crippen LogP contribution is -2.27. The van der Waals surface area contributed by atoms with E-state index in [-0.39, 0.29) is 11.6 Å². The van der Waals surface area contributed by atoms with Crippen LogP contribution in [0.2, 0.25) is 5.02 Å². The second kappa shape index (κ2) is 8.28. The first-order valence-electron chi connectivity index (χ1n) is 10.1. The summed E-state index contributed by atoms with van der Waals surface area (Å²) < 4.78 is 14.6. The summed E-state index contributed by atoms with van der Waals surface area (Å²) in [5, 5.41) is 3.71. The molecule has 2 heterocycles. The summed E-state index contributed by atoms with van der Waals surface area (Å²) in [6.45, 7) is 5.38. The van der Waals surface area contributed by atoms with Crippen molar-refractivity contribution in [3.05, 3.63) is 47.0 Å². The molecule has 0 saturated heterocycles. The maximum atomic E-state index is 14.6. The van der Waals surface area contributed by atoms with Crippen LogP contribution in [0.4, 0.5) is 10.1 Å². The summed E-state index contributed by atoms with van der Waals surface area (Å²) in [7, 11) is 0. The van der Waals surface area contributed by atoms with Gasteiger partial charge in [0.25, 0.3) is 0 Å². The van der Waals surface area contributed by atoms with E-state index in [4.69, 9.17) is 11.6 Å². The van der Waals surface area contributed by atoms with E-state index in [0.29, 0.717) is 27.4 Å². The number of carbonyl (C=O) groups is 1. The third kappa shape index (κ3) is 4.62. The molecule has 0 radical (unpaired) electrons. The zero-order chi connectivity index (χ0) is 22.3. The van der Waals surface area contributed by atoms with E-state index in [1.165, 1.54) is 23.9 Å². The van der Waals surface area contributed by atoms with Gasteiger partial charge in [-0.3, -0.25) is 4.79 Å². The Kier molecular flexibility index (Phi) is 5.83. The maximum absolute atomic E-state index is 14.6. The van der Waals surface area contributed by atoms with Crippen LogP contribution in [-0.2, 0) is 4.79 Å². The highest BCUT2D eigenvalue weighted by Crippen LogP contribution is 2.46. The molecule has 1 aliphatic carbocycles. The minimum atomic E-state index is -0.636. The van der Waals surface area contributed by atoms with E-state index in [0.717, 1.165) is 29.8 Å². The fourth-order valence-electron chi connectivity index (χ4n) is 3.27. The number of amides is 1. The normalized spacial score (nSPS) is 14.0. The zero-order valence-electron chi connectivity index (χ0n) is 17.8. The summed E-state index contributed by atoms with van der Waals surface area (Å²) in [5.41, 5.74) is 3.43. The predicted molar refractivity (Wildman–Crippen MR) is 124 cm³/mol. The van der Waals surface area contributed by atoms with Gasteiger partial charge in [0.15, 0.2) is 5.16 Å². The maximum Gasteiger partial charge on any atom is 0.229 e. The molecule has 0 bridgehead atoms. The van der Waals surface area contributed by atoms with Gasteiger partial charge in [-0.15, -0.1) is 0 Å². The largest absolute Gasteiger partial charge is 0.356 e. The number of hydrogen-bond acceptors (Lipinski definition) is 4. The van der Waals surface area contributed by atoms with E-state index < -0.39 is 11.2 Å². The van der Waals surface area contributed by atoms with E-state index in [1.807, 2.05) is 18.4 Å². The van der Waals surface area contributed by atoms with Gasteiger partial charge in [0.2, 0.25) is 5.91 Å². The van der Waals surface area contributed by atoms with Crippen molar-refractivity contribution in [2.75, 3.05) is 11.6 Å². The molecule has 0 spiro atoms. The SMILES string of the molecule is CSc1nccc(-c2[nH]c(C3CC3)cc2-c2cc(F)cc(NC(=O)C(C)(C)C)c2Cl)n1. The second-order valence-electron chi connectivity index (χ2n) is 8.74. The van der Waals surface area contributed by atoms with Crippen LogP contribution >= 0.6 is 23.4 Å². The monoisotopic (exact) mass is 458 g/mol. The highest BCUT2D eigenvalue weighted by atomic mass is 35.5. The van der Waals surface area contributed by atoms with Crippen LogP contribution in [0.1, 0.15) is 45.2 Å². The topological polar surface area (TPSA) is 70.7 Å². The molecule has 1 aliphatic rings. The Hall–Kier alpha value is -2.38. The lowest BCUT2D eigenvalue weighted by atomic mass is 9.95. The van der Waals surface area contributed by atoms with Crippen molar-refractivity contribution in [1.29, 1.82) is 0 Å². The quantitative estimate of drug-likeness (QED) is 0.337. The lowest BCUT2D eigenvalue weighted by Gasteiger charge is -2.19. The Morgan fingerprint density at radius 3 is 2.65 bits per heavy atom. The first-order chi connectivity index (χ1) is 14.7. The molecule has 1 aromatic carbocycles. The molecule has 5 nitrogen and oxygen atoms in total. The van der Waals surface area contributed by atoms with E-state index in [9.17, 15) is 9.18 Å². The smallest absolute Gasteiger partial charge is 0.229 e. The Bertz CT molecular complexity index is 1150. The predicted octanol–water partition coefficient (Wildman–Crippen LogP) is 6.52. The van der Waals surface area contributed by atoms with Gasteiger partial charge in [-0.1, -0.05) is 44.1 Å². The molecule has 0 atom stereocenters. The zero-order valence-corrected chi connectivity index (χ0v) is 19.4. The lowest BCUT2D eigenvalue weighted by molar-refractivity contribution is -0.123. The number of rotatable bonds is 5. The van der Waals surface area contributed by atoms with Crippen LogP contribution in [0, 0.1) is 11.2 Å². The number of aromatic amines is 1. The summed E-state index contributed by atoms with van der Waals surface area (Å²) in [5.74, 6) is -0.252. The first-order valence-corrected chi connectivity index (χ1v) is 11.7. The number of nitrogens with one attached hydrogen (secondary N) is 2. The second-order valence-corrected chi connectivity index (χ2v) is 9.89. The Morgan fingerprint density at radius 1 is 1.26 bits per heavy atom. The molecule has 0 aliphatic heterocycles. The van der Waals surface area contributed by atoms with Crippen LogP contribution in [-0.4, -0.2) is 27.1 Å². The number of nitrogens with zero attached hydrogens (tertiary/aromatic N) is 2. The van der Waals surface area contributed by atoms with Crippen molar-refractivity contribution >= 4 is 35.0 Å². The van der Waals surface area contributed by atoms with Crippen molar-refractivity contribution in [1.82, 2.24) is 15.0 Å². The van der Waals surface area contributed by atoms with Crippen LogP contribution in [0.25, 0.3) is 22.5 Å². The van der Waals surface area contributed by atoms with Crippen molar-refractivity contribution in [2.45, 2.75) is 44.7 Å². The standard InChI is InChI=1S/C23H24ClFN4OS/c1-23(2,3)21(30)28-18-10-13(25)9-14(19(18)24)15-11-17(12-5-6-12)27-20(15)16-7-8-26-22(29-16)31-4/h7-12,27H,5-6H2,1-4H3,(H,28,30). The van der Waals surface area contributed by atoms with Crippen LogP contribution in [0.3, 0.4) is 0 Å². The third-order valence-electron chi connectivity index (χ3n) is 5.18. The molecule has 2 N–H and O–H groups in total. The van der Waals surface area contributed by atoms with Gasteiger partial charge in [0.05, 0.1) is 22.1 Å². The van der Waals surface area contributed by atoms with Gasteiger partial charge in [-0.25, -0.2) is 14.4 Å². The van der Waals surface area contributed by atoms with Gasteiger partial charge >= 0.3 is 0 Å². The van der Waals surface area contributed by atoms with E-state index >= 15 is 0 Å². The van der Waals surface area contributed by atoms with Gasteiger partial charge in [0, 0.05) is 28.4 Å². The number of hydrogen-bond donors (Lipinski definition) is 2. The highest BCUT2D eigenvalue weighted by molar-refractivity contribution is 7.98. The molecule has 162 valence electrons. The Morgan fingerprint density at radius 2 is 2.00 bits per heavy atom. The molecule has 3 aromatic rings. The molecule has 4 rings (SSSR count). The van der Waals surface area contributed by atoms with Crippen molar-refractivity contribution < 1.29 is 9.18 Å². The average Bonchev–Trinajstić information content (AvgIpc) is 3.48. The average molecular weight is 459 g/mol. The molecular weight excluding hydrogens is 435 g/mol. The number of H-pyrrole nitrogens is 1. The molecule has 2 aromatic heterocycles. The van der Waals surface area contributed by atoms with Gasteiger partial charge in [-0.05, 0) is 49.3 Å². The van der Waals surface area contributed by atoms with E-state index in [2.05, 4.69) is 20.3 Å². The molecule has 8 heteroatoms. The third-order valence-corrected chi connectivity index (χ3v) is 6.15. The molecule has 31 heavy (non-hydrogen) atoms. The van der Waals surface area contributed by atoms with Crippen molar-refractivity contribution in [3.63, 3.8) is 0 Å². The van der Waals surface area contributed by atoms with Crippen LogP contribution in [0.15, 0.2) is 35.6 Å². The number of aromatic nitrogens is 3. The molecule has 1 amide bonds. The summed E-state index contributed by atoms with van der Waals surface area (Å²) in [4.78, 5) is 24.8. The number of anilines is 1. The minimum Gasteiger partial charge on any atom is -0.356 e. The number of carbonyl (C=O) groups excluding carboxylic acids is 1. The fourth-order valence-corrected chi connectivity index (χ4v) is 3.88. The molecule has 0 unspecified atom stereocenters. The summed E-state index contributed by atoms with van der Waals surface area (Å²) in [6.07, 6.45) is 5.85. The minimum absolute atomic E-state index is 0.237. The van der Waals surface area contributed by atoms with Crippen LogP contribution in [0.5, 0.6) is 0 Å². The molecular formula is C23H24ClFN4OS. The van der Waals surface area contributed by atoms with Crippen molar-refractivity contribution in [3.8, 4) is 22.5 Å². The number of benzene rings is 1. The molecule has 1 fully saturated rings. The van der Waals surface area contributed by atoms with Gasteiger partial charge < -0.3 is 10.3 Å². The van der Waals surface area contributed by atoms with Gasteiger partial charge in [-0.2, -0.15) is 0 Å². The van der Waals surface area contributed by atoms with E-state index in [1.54, 1.807) is 27.0 Å². The number of halogens is 2. The van der Waals surface area contributed by atoms with Gasteiger partial charge in [0.1, 0.15) is 5.82 Å². The first kappa shape index (κ1) is 21.8. The summed E-state index contributed by atoms with van der Waals surface area (Å²) >= 11 is 8.15. The highest BCUT2D eigenvalue weighted by Gasteiger charge is 2.29. The summed E-state index contributed by atoms with van der Waals surface area (Å²) in [6, 6.07) is 6.49. The fraction of sp³-hybridized carbons (Fsp3) is 0.348. The molecule has 1 saturated carbocycles.